The first-order valence-corrected chi connectivity index (χ1v) is 11.0. The van der Waals surface area contributed by atoms with Crippen LogP contribution in [0, 0.1) is 13.8 Å². The molecule has 1 amide bonds. The molecule has 0 unspecified atom stereocenters. The number of carbonyl (C=O) groups is 1. The third-order valence-corrected chi connectivity index (χ3v) is 5.24. The highest BCUT2D eigenvalue weighted by Gasteiger charge is 2.25. The van der Waals surface area contributed by atoms with Gasteiger partial charge in [-0.1, -0.05) is 60.7 Å². The minimum absolute atomic E-state index is 0.00799. The van der Waals surface area contributed by atoms with E-state index in [1.165, 1.54) is 0 Å². The van der Waals surface area contributed by atoms with Crippen LogP contribution >= 0.6 is 0 Å². The second-order valence-corrected chi connectivity index (χ2v) is 7.68. The molecule has 0 fully saturated rings. The number of anilines is 2. The average molecular weight is 455 g/mol. The normalized spacial score (nSPS) is 10.6. The summed E-state index contributed by atoms with van der Waals surface area (Å²) in [6.07, 6.45) is 0. The van der Waals surface area contributed by atoms with Crippen LogP contribution in [-0.2, 0) is 0 Å². The van der Waals surface area contributed by atoms with Crippen molar-refractivity contribution in [1.29, 1.82) is 0 Å². The van der Waals surface area contributed by atoms with Gasteiger partial charge >= 0.3 is 0 Å². The van der Waals surface area contributed by atoms with Crippen molar-refractivity contribution in [2.75, 3.05) is 17.7 Å². The number of carbonyl (C=O) groups excluding carboxylic acids is 1. The molecule has 34 heavy (non-hydrogen) atoms. The highest BCUT2D eigenvalue weighted by Crippen LogP contribution is 2.36. The number of nitrogens with one attached hydrogen (secondary N) is 1. The molecule has 0 aliphatic heterocycles. The summed E-state index contributed by atoms with van der Waals surface area (Å²) >= 11 is 0. The number of aryl methyl sites for hydroxylation is 2. The van der Waals surface area contributed by atoms with Crippen molar-refractivity contribution in [2.24, 2.45) is 0 Å². The van der Waals surface area contributed by atoms with Crippen molar-refractivity contribution in [3.05, 3.63) is 89.5 Å². The van der Waals surface area contributed by atoms with E-state index in [4.69, 9.17) is 15.2 Å². The van der Waals surface area contributed by atoms with Crippen molar-refractivity contribution in [1.82, 2.24) is 9.97 Å². The van der Waals surface area contributed by atoms with Crippen LogP contribution in [0.25, 0.3) is 11.3 Å². The van der Waals surface area contributed by atoms with Crippen molar-refractivity contribution in [3.63, 3.8) is 0 Å². The maximum Gasteiger partial charge on any atom is 0.263 e. The van der Waals surface area contributed by atoms with E-state index in [2.05, 4.69) is 15.3 Å². The van der Waals surface area contributed by atoms with Gasteiger partial charge in [0.25, 0.3) is 5.91 Å². The van der Waals surface area contributed by atoms with Crippen molar-refractivity contribution in [2.45, 2.75) is 20.8 Å². The van der Waals surface area contributed by atoms with Gasteiger partial charge < -0.3 is 20.5 Å². The van der Waals surface area contributed by atoms with E-state index in [0.29, 0.717) is 29.4 Å². The molecular weight excluding hydrogens is 428 g/mol. The number of nitrogens with two attached hydrogens (primary N) is 1. The fraction of sp³-hybridized carbons (Fsp3) is 0.148. The zero-order valence-electron chi connectivity index (χ0n) is 19.3. The molecule has 0 radical (unpaired) electrons. The molecule has 0 spiro atoms. The van der Waals surface area contributed by atoms with Gasteiger partial charge in [0.2, 0.25) is 11.8 Å². The van der Waals surface area contributed by atoms with E-state index in [9.17, 15) is 4.79 Å². The highest BCUT2D eigenvalue weighted by molar-refractivity contribution is 6.10. The third-order valence-electron chi connectivity index (χ3n) is 5.24. The standard InChI is InChI=1S/C27H26N4O3/c1-4-33-20-15-8-9-16-21(20)34-26-22(25(32)29-23-17(2)11-10-12-18(23)3)24(30-27(28)31-26)19-13-6-5-7-14-19/h5-16H,4H2,1-3H3,(H,29,32)(H2,28,30,31). The average Bonchev–Trinajstić information content (AvgIpc) is 2.83. The number of para-hydroxylation sites is 3. The van der Waals surface area contributed by atoms with Gasteiger partial charge in [-0.3, -0.25) is 4.79 Å². The third kappa shape index (κ3) is 4.83. The zero-order valence-corrected chi connectivity index (χ0v) is 19.3. The summed E-state index contributed by atoms with van der Waals surface area (Å²) in [6, 6.07) is 22.4. The maximum atomic E-state index is 13.7. The molecule has 0 aliphatic rings. The van der Waals surface area contributed by atoms with Crippen LogP contribution in [0.4, 0.5) is 11.6 Å². The van der Waals surface area contributed by atoms with Gasteiger partial charge in [0.15, 0.2) is 11.5 Å². The Morgan fingerprint density at radius 3 is 2.21 bits per heavy atom. The van der Waals surface area contributed by atoms with E-state index in [0.717, 1.165) is 16.8 Å². The Kier molecular flexibility index (Phi) is 6.73. The van der Waals surface area contributed by atoms with Crippen LogP contribution in [0.5, 0.6) is 17.4 Å². The molecule has 1 heterocycles. The minimum atomic E-state index is -0.403. The Morgan fingerprint density at radius 1 is 0.882 bits per heavy atom. The van der Waals surface area contributed by atoms with E-state index < -0.39 is 5.91 Å². The molecule has 1 aromatic heterocycles. The minimum Gasteiger partial charge on any atom is -0.490 e. The van der Waals surface area contributed by atoms with Gasteiger partial charge in [0.1, 0.15) is 5.56 Å². The van der Waals surface area contributed by atoms with Crippen molar-refractivity contribution in [3.8, 4) is 28.6 Å². The van der Waals surface area contributed by atoms with Gasteiger partial charge in [-0.05, 0) is 44.0 Å². The summed E-state index contributed by atoms with van der Waals surface area (Å²) in [5.41, 5.74) is 9.92. The van der Waals surface area contributed by atoms with Gasteiger partial charge in [-0.25, -0.2) is 4.98 Å². The maximum absolute atomic E-state index is 13.7. The van der Waals surface area contributed by atoms with Crippen LogP contribution in [0.15, 0.2) is 72.8 Å². The van der Waals surface area contributed by atoms with Crippen molar-refractivity contribution >= 4 is 17.5 Å². The summed E-state index contributed by atoms with van der Waals surface area (Å²) < 4.78 is 11.8. The lowest BCUT2D eigenvalue weighted by molar-refractivity contribution is 0.102. The summed E-state index contributed by atoms with van der Waals surface area (Å²) in [4.78, 5) is 22.4. The van der Waals surface area contributed by atoms with Gasteiger partial charge in [-0.15, -0.1) is 0 Å². The number of hydrogen-bond donors (Lipinski definition) is 2. The number of aromatic nitrogens is 2. The molecule has 3 aromatic carbocycles. The first-order chi connectivity index (χ1) is 16.5. The van der Waals surface area contributed by atoms with Crippen molar-refractivity contribution < 1.29 is 14.3 Å². The number of nitrogen functional groups attached to an aromatic ring is 1. The van der Waals surface area contributed by atoms with Crippen LogP contribution < -0.4 is 20.5 Å². The van der Waals surface area contributed by atoms with Crippen LogP contribution in [0.1, 0.15) is 28.4 Å². The SMILES string of the molecule is CCOc1ccccc1Oc1nc(N)nc(-c2ccccc2)c1C(=O)Nc1c(C)cccc1C. The molecule has 0 bridgehead atoms. The quantitative estimate of drug-likeness (QED) is 0.367. The van der Waals surface area contributed by atoms with Gasteiger partial charge in [0.05, 0.1) is 12.3 Å². The van der Waals surface area contributed by atoms with E-state index in [1.54, 1.807) is 12.1 Å². The number of rotatable bonds is 7. The lowest BCUT2D eigenvalue weighted by atomic mass is 10.0. The second kappa shape index (κ2) is 10.0. The molecule has 0 atom stereocenters. The summed E-state index contributed by atoms with van der Waals surface area (Å²) in [5.74, 6) is 0.584. The van der Waals surface area contributed by atoms with E-state index in [1.807, 2.05) is 81.4 Å². The molecular formula is C27H26N4O3. The lowest BCUT2D eigenvalue weighted by Crippen LogP contribution is -2.18. The molecule has 0 saturated heterocycles. The molecule has 4 aromatic rings. The fourth-order valence-electron chi connectivity index (χ4n) is 3.64. The molecule has 4 rings (SSSR count). The number of amides is 1. The Hall–Kier alpha value is -4.39. The molecule has 0 saturated carbocycles. The molecule has 7 nitrogen and oxygen atoms in total. The zero-order chi connectivity index (χ0) is 24.1. The predicted molar refractivity (Wildman–Crippen MR) is 133 cm³/mol. The smallest absolute Gasteiger partial charge is 0.263 e. The summed E-state index contributed by atoms with van der Waals surface area (Å²) in [5, 5.41) is 3.02. The first kappa shape index (κ1) is 22.8. The van der Waals surface area contributed by atoms with Gasteiger partial charge in [-0.2, -0.15) is 4.98 Å². The Balaban J connectivity index is 1.86. The number of benzene rings is 3. The topological polar surface area (TPSA) is 99.4 Å². The van der Waals surface area contributed by atoms with E-state index >= 15 is 0 Å². The molecule has 0 aliphatic carbocycles. The highest BCUT2D eigenvalue weighted by atomic mass is 16.5. The number of hydrogen-bond acceptors (Lipinski definition) is 6. The van der Waals surface area contributed by atoms with Crippen LogP contribution in [0.2, 0.25) is 0 Å². The van der Waals surface area contributed by atoms with Crippen LogP contribution in [0.3, 0.4) is 0 Å². The largest absolute Gasteiger partial charge is 0.490 e. The number of ether oxygens (including phenoxy) is 2. The monoisotopic (exact) mass is 454 g/mol. The lowest BCUT2D eigenvalue weighted by Gasteiger charge is -2.17. The summed E-state index contributed by atoms with van der Waals surface area (Å²) in [7, 11) is 0. The molecule has 7 heteroatoms. The van der Waals surface area contributed by atoms with Gasteiger partial charge in [0, 0.05) is 11.3 Å². The summed E-state index contributed by atoms with van der Waals surface area (Å²) in [6.45, 7) is 6.23. The van der Waals surface area contributed by atoms with E-state index in [-0.39, 0.29) is 17.4 Å². The molecule has 3 N–H and O–H groups in total. The van der Waals surface area contributed by atoms with Crippen LogP contribution in [-0.4, -0.2) is 22.5 Å². The fourth-order valence-corrected chi connectivity index (χ4v) is 3.64. The second-order valence-electron chi connectivity index (χ2n) is 7.68. The predicted octanol–water partition coefficient (Wildman–Crippen LogP) is 5.79. The number of nitrogens with zero attached hydrogens (tertiary/aromatic N) is 2. The Bertz CT molecular complexity index is 1300. The Labute approximate surface area is 198 Å². The molecule has 172 valence electrons. The Morgan fingerprint density at radius 2 is 1.53 bits per heavy atom. The first-order valence-electron chi connectivity index (χ1n) is 11.0.